The minimum absolute atomic E-state index is 0.296. The van der Waals surface area contributed by atoms with Crippen LogP contribution >= 0.6 is 0 Å². The maximum atomic E-state index is 13.9. The minimum atomic E-state index is -0.425. The third-order valence-electron chi connectivity index (χ3n) is 5.41. The molecule has 0 atom stereocenters. The Kier molecular flexibility index (Phi) is 5.14. The summed E-state index contributed by atoms with van der Waals surface area (Å²) < 4.78 is 27.8. The molecule has 0 aliphatic carbocycles. The zero-order valence-electron chi connectivity index (χ0n) is 17.9. The SMILES string of the molecule is COc1ccc(Cn2cc(-c3[nH]c(=O)c4ccnn4c3-c3ccc(F)cc3OC)cn2)cc1. The molecule has 0 spiro atoms. The van der Waals surface area contributed by atoms with Gasteiger partial charge in [0, 0.05) is 23.4 Å². The Morgan fingerprint density at radius 3 is 2.61 bits per heavy atom. The van der Waals surface area contributed by atoms with Crippen molar-refractivity contribution in [3.63, 3.8) is 0 Å². The molecule has 166 valence electrons. The normalized spacial score (nSPS) is 11.1. The highest BCUT2D eigenvalue weighted by Crippen LogP contribution is 2.36. The van der Waals surface area contributed by atoms with Gasteiger partial charge in [0.25, 0.3) is 5.56 Å². The van der Waals surface area contributed by atoms with Gasteiger partial charge in [0.15, 0.2) is 0 Å². The van der Waals surface area contributed by atoms with Gasteiger partial charge in [-0.25, -0.2) is 8.91 Å². The Morgan fingerprint density at radius 1 is 1.03 bits per heavy atom. The molecule has 0 radical (unpaired) electrons. The van der Waals surface area contributed by atoms with Gasteiger partial charge in [0.1, 0.15) is 28.5 Å². The fourth-order valence-corrected chi connectivity index (χ4v) is 3.81. The van der Waals surface area contributed by atoms with E-state index in [1.165, 1.54) is 23.8 Å². The molecule has 3 heterocycles. The van der Waals surface area contributed by atoms with Gasteiger partial charge in [-0.3, -0.25) is 9.48 Å². The average molecular weight is 445 g/mol. The molecule has 0 aliphatic rings. The first-order valence-corrected chi connectivity index (χ1v) is 10.2. The van der Waals surface area contributed by atoms with Crippen LogP contribution < -0.4 is 15.0 Å². The molecule has 0 amide bonds. The average Bonchev–Trinajstić information content (AvgIpc) is 3.50. The summed E-state index contributed by atoms with van der Waals surface area (Å²) in [4.78, 5) is 15.7. The number of hydrogen-bond donors (Lipinski definition) is 1. The van der Waals surface area contributed by atoms with Crippen LogP contribution in [0.5, 0.6) is 11.5 Å². The van der Waals surface area contributed by atoms with Crippen molar-refractivity contribution in [1.82, 2.24) is 24.4 Å². The van der Waals surface area contributed by atoms with Crippen molar-refractivity contribution in [1.29, 1.82) is 0 Å². The number of rotatable bonds is 6. The van der Waals surface area contributed by atoms with Gasteiger partial charge >= 0.3 is 0 Å². The maximum Gasteiger partial charge on any atom is 0.274 e. The van der Waals surface area contributed by atoms with Gasteiger partial charge in [-0.1, -0.05) is 12.1 Å². The standard InChI is InChI=1S/C24H20FN5O3/c1-32-18-6-3-15(4-7-18)13-29-14-16(12-27-29)22-23(19-8-5-17(25)11-21(19)33-2)30-20(9-10-26-30)24(31)28-22/h3-12,14H,13H2,1-2H3,(H,28,31). The van der Waals surface area contributed by atoms with Crippen molar-refractivity contribution in [2.45, 2.75) is 6.54 Å². The second-order valence-electron chi connectivity index (χ2n) is 7.43. The summed E-state index contributed by atoms with van der Waals surface area (Å²) in [6, 6.07) is 13.6. The van der Waals surface area contributed by atoms with Crippen molar-refractivity contribution in [2.75, 3.05) is 14.2 Å². The lowest BCUT2D eigenvalue weighted by molar-refractivity contribution is 0.412. The van der Waals surface area contributed by atoms with Gasteiger partial charge < -0.3 is 14.5 Å². The Labute approximate surface area is 187 Å². The molecule has 3 aromatic heterocycles. The van der Waals surface area contributed by atoms with E-state index >= 15 is 0 Å². The summed E-state index contributed by atoms with van der Waals surface area (Å²) in [5, 5.41) is 8.80. The number of benzene rings is 2. The molecule has 0 unspecified atom stereocenters. The molecule has 5 rings (SSSR count). The van der Waals surface area contributed by atoms with Crippen LogP contribution in [0.15, 0.2) is 71.9 Å². The third-order valence-corrected chi connectivity index (χ3v) is 5.41. The number of ether oxygens (including phenoxy) is 2. The topological polar surface area (TPSA) is 86.4 Å². The Hall–Kier alpha value is -4.40. The number of aromatic amines is 1. The van der Waals surface area contributed by atoms with Crippen LogP contribution in [0.3, 0.4) is 0 Å². The number of fused-ring (bicyclic) bond motifs is 1. The largest absolute Gasteiger partial charge is 0.497 e. The van der Waals surface area contributed by atoms with Crippen LogP contribution in [0, 0.1) is 5.82 Å². The van der Waals surface area contributed by atoms with Gasteiger partial charge in [0.05, 0.1) is 38.9 Å². The van der Waals surface area contributed by atoms with Crippen LogP contribution in [0.4, 0.5) is 4.39 Å². The number of aromatic nitrogens is 5. The minimum Gasteiger partial charge on any atom is -0.497 e. The molecular weight excluding hydrogens is 425 g/mol. The van der Waals surface area contributed by atoms with E-state index in [0.29, 0.717) is 40.3 Å². The molecule has 8 nitrogen and oxygen atoms in total. The summed E-state index contributed by atoms with van der Waals surface area (Å²) in [6.07, 6.45) is 5.05. The molecular formula is C24H20FN5O3. The molecule has 1 N–H and O–H groups in total. The molecule has 0 bridgehead atoms. The number of methoxy groups -OCH3 is 2. The highest BCUT2D eigenvalue weighted by atomic mass is 19.1. The molecule has 9 heteroatoms. The number of nitrogens with one attached hydrogen (secondary N) is 1. The summed E-state index contributed by atoms with van der Waals surface area (Å²) in [5.41, 5.74) is 3.45. The number of nitrogens with zero attached hydrogens (tertiary/aromatic N) is 4. The maximum absolute atomic E-state index is 13.9. The van der Waals surface area contributed by atoms with Crippen LogP contribution in [0.2, 0.25) is 0 Å². The molecule has 5 aromatic rings. The molecule has 33 heavy (non-hydrogen) atoms. The zero-order chi connectivity index (χ0) is 22.9. The van der Waals surface area contributed by atoms with Gasteiger partial charge in [-0.2, -0.15) is 10.2 Å². The van der Waals surface area contributed by atoms with Gasteiger partial charge in [-0.05, 0) is 35.9 Å². The summed E-state index contributed by atoms with van der Waals surface area (Å²) in [6.45, 7) is 0.535. The van der Waals surface area contributed by atoms with E-state index in [2.05, 4.69) is 15.2 Å². The van der Waals surface area contributed by atoms with Gasteiger partial charge in [0.2, 0.25) is 0 Å². The van der Waals surface area contributed by atoms with E-state index in [9.17, 15) is 9.18 Å². The number of hydrogen-bond acceptors (Lipinski definition) is 5. The van der Waals surface area contributed by atoms with Crippen molar-refractivity contribution in [3.05, 3.63) is 88.9 Å². The highest BCUT2D eigenvalue weighted by molar-refractivity contribution is 5.82. The lowest BCUT2D eigenvalue weighted by atomic mass is 10.0. The molecule has 2 aromatic carbocycles. The Bertz CT molecular complexity index is 1500. The van der Waals surface area contributed by atoms with Crippen molar-refractivity contribution >= 4 is 5.52 Å². The first kappa shape index (κ1) is 20.5. The van der Waals surface area contributed by atoms with Crippen molar-refractivity contribution in [3.8, 4) is 34.0 Å². The molecule has 0 fully saturated rings. The van der Waals surface area contributed by atoms with E-state index in [4.69, 9.17) is 9.47 Å². The summed E-state index contributed by atoms with van der Waals surface area (Å²) >= 11 is 0. The van der Waals surface area contributed by atoms with E-state index in [0.717, 1.165) is 11.3 Å². The van der Waals surface area contributed by atoms with E-state index in [1.54, 1.807) is 36.3 Å². The van der Waals surface area contributed by atoms with Gasteiger partial charge in [-0.15, -0.1) is 0 Å². The fraction of sp³-hybridized carbons (Fsp3) is 0.125. The molecule has 0 saturated carbocycles. The highest BCUT2D eigenvalue weighted by Gasteiger charge is 2.20. The van der Waals surface area contributed by atoms with Crippen LogP contribution in [0.1, 0.15) is 5.56 Å². The van der Waals surface area contributed by atoms with E-state index in [1.807, 2.05) is 30.5 Å². The first-order valence-electron chi connectivity index (χ1n) is 10.2. The summed E-state index contributed by atoms with van der Waals surface area (Å²) in [5.74, 6) is 0.680. The lowest BCUT2D eigenvalue weighted by Crippen LogP contribution is -2.14. The zero-order valence-corrected chi connectivity index (χ0v) is 17.9. The molecule has 0 aliphatic heterocycles. The Balaban J connectivity index is 1.63. The summed E-state index contributed by atoms with van der Waals surface area (Å²) in [7, 11) is 3.09. The van der Waals surface area contributed by atoms with Crippen LogP contribution in [-0.2, 0) is 6.54 Å². The molecule has 0 saturated heterocycles. The van der Waals surface area contributed by atoms with E-state index < -0.39 is 5.82 Å². The van der Waals surface area contributed by atoms with Crippen molar-refractivity contribution in [2.24, 2.45) is 0 Å². The van der Waals surface area contributed by atoms with Crippen LogP contribution in [0.25, 0.3) is 28.0 Å². The van der Waals surface area contributed by atoms with Crippen molar-refractivity contribution < 1.29 is 13.9 Å². The van der Waals surface area contributed by atoms with E-state index in [-0.39, 0.29) is 5.56 Å². The third kappa shape index (κ3) is 3.73. The number of halogens is 1. The second-order valence-corrected chi connectivity index (χ2v) is 7.43. The fourth-order valence-electron chi connectivity index (χ4n) is 3.81. The quantitative estimate of drug-likeness (QED) is 0.430. The predicted molar refractivity (Wildman–Crippen MR) is 121 cm³/mol. The smallest absolute Gasteiger partial charge is 0.274 e. The second kappa shape index (κ2) is 8.27. The lowest BCUT2D eigenvalue weighted by Gasteiger charge is -2.14. The van der Waals surface area contributed by atoms with Crippen LogP contribution in [-0.4, -0.2) is 38.6 Å². The predicted octanol–water partition coefficient (Wildman–Crippen LogP) is 3.76. The first-order chi connectivity index (χ1) is 16.1. The number of H-pyrrole nitrogens is 1. The monoisotopic (exact) mass is 445 g/mol. The Morgan fingerprint density at radius 2 is 1.85 bits per heavy atom.